The highest BCUT2D eigenvalue weighted by Gasteiger charge is 2.25. The van der Waals surface area contributed by atoms with E-state index in [1.165, 1.54) is 0 Å². The minimum absolute atomic E-state index is 0.237. The molecule has 1 aliphatic rings. The van der Waals surface area contributed by atoms with Gasteiger partial charge in [-0.05, 0) is 55.1 Å². The molecule has 0 bridgehead atoms. The van der Waals surface area contributed by atoms with E-state index in [1.807, 2.05) is 48.5 Å². The Bertz CT molecular complexity index is 746. The van der Waals surface area contributed by atoms with Gasteiger partial charge in [-0.3, -0.25) is 4.90 Å². The van der Waals surface area contributed by atoms with Gasteiger partial charge in [0.2, 0.25) is 0 Å². The number of nitriles is 1. The number of hydrogen-bond acceptors (Lipinski definition) is 4. The summed E-state index contributed by atoms with van der Waals surface area (Å²) in [7, 11) is 1.64. The van der Waals surface area contributed by atoms with E-state index in [4.69, 9.17) is 9.47 Å². The molecule has 0 aliphatic carbocycles. The molecule has 1 atom stereocenters. The Hall–Kier alpha value is -2.51. The number of likely N-dealkylation sites (tertiary alicyclic amines) is 1. The van der Waals surface area contributed by atoms with Crippen molar-refractivity contribution < 1.29 is 9.47 Å². The van der Waals surface area contributed by atoms with E-state index in [2.05, 4.69) is 17.9 Å². The standard InChI is InChI=1S/C22H26N2O2/c1-17-10-12-24(13-11-17)20(15-23)19-8-9-21(22(14-19)25-2)26-16-18-6-4-3-5-7-18/h3-9,14,17,20H,10-13,16H2,1-2H3. The van der Waals surface area contributed by atoms with Crippen LogP contribution in [0.4, 0.5) is 0 Å². The van der Waals surface area contributed by atoms with E-state index < -0.39 is 0 Å². The molecule has 0 spiro atoms. The molecule has 4 nitrogen and oxygen atoms in total. The molecule has 1 saturated heterocycles. The number of benzene rings is 2. The summed E-state index contributed by atoms with van der Waals surface area (Å²) in [4.78, 5) is 2.26. The fourth-order valence-corrected chi connectivity index (χ4v) is 3.36. The normalized spacial score (nSPS) is 16.7. The van der Waals surface area contributed by atoms with Crippen molar-refractivity contribution in [2.75, 3.05) is 20.2 Å². The van der Waals surface area contributed by atoms with E-state index in [9.17, 15) is 5.26 Å². The predicted octanol–water partition coefficient (Wildman–Crippen LogP) is 4.57. The van der Waals surface area contributed by atoms with Gasteiger partial charge < -0.3 is 9.47 Å². The topological polar surface area (TPSA) is 45.5 Å². The summed E-state index contributed by atoms with van der Waals surface area (Å²) in [5, 5.41) is 9.72. The number of nitrogens with zero attached hydrogens (tertiary/aromatic N) is 2. The van der Waals surface area contributed by atoms with Crippen molar-refractivity contribution in [2.24, 2.45) is 5.92 Å². The van der Waals surface area contributed by atoms with Crippen molar-refractivity contribution in [1.29, 1.82) is 5.26 Å². The molecule has 0 radical (unpaired) electrons. The minimum Gasteiger partial charge on any atom is -0.493 e. The third-order valence-electron chi connectivity index (χ3n) is 5.05. The fourth-order valence-electron chi connectivity index (χ4n) is 3.36. The van der Waals surface area contributed by atoms with Crippen LogP contribution in [0.3, 0.4) is 0 Å². The van der Waals surface area contributed by atoms with Crippen LogP contribution < -0.4 is 9.47 Å². The molecule has 0 saturated carbocycles. The zero-order valence-electron chi connectivity index (χ0n) is 15.5. The van der Waals surface area contributed by atoms with E-state index in [-0.39, 0.29) is 6.04 Å². The maximum Gasteiger partial charge on any atom is 0.161 e. The molecule has 4 heteroatoms. The molecule has 1 fully saturated rings. The van der Waals surface area contributed by atoms with Gasteiger partial charge in [-0.2, -0.15) is 5.26 Å². The lowest BCUT2D eigenvalue weighted by molar-refractivity contribution is 0.164. The summed E-state index contributed by atoms with van der Waals surface area (Å²) in [6, 6.07) is 18.1. The monoisotopic (exact) mass is 350 g/mol. The average molecular weight is 350 g/mol. The van der Waals surface area contributed by atoms with Gasteiger partial charge in [0.15, 0.2) is 11.5 Å². The number of methoxy groups -OCH3 is 1. The first-order valence-corrected chi connectivity index (χ1v) is 9.19. The van der Waals surface area contributed by atoms with Crippen LogP contribution in [0.2, 0.25) is 0 Å². The van der Waals surface area contributed by atoms with Crippen molar-refractivity contribution in [3.63, 3.8) is 0 Å². The van der Waals surface area contributed by atoms with Crippen LogP contribution in [0, 0.1) is 17.2 Å². The molecule has 2 aromatic carbocycles. The lowest BCUT2D eigenvalue weighted by Crippen LogP contribution is -2.35. The number of rotatable bonds is 6. The largest absolute Gasteiger partial charge is 0.493 e. The van der Waals surface area contributed by atoms with Gasteiger partial charge in [0.25, 0.3) is 0 Å². The molecule has 136 valence electrons. The second kappa shape index (κ2) is 8.73. The van der Waals surface area contributed by atoms with Crippen LogP contribution in [0.1, 0.15) is 36.9 Å². The zero-order valence-corrected chi connectivity index (χ0v) is 15.5. The molecule has 0 N–H and O–H groups in total. The van der Waals surface area contributed by atoms with Gasteiger partial charge in [0, 0.05) is 0 Å². The quantitative estimate of drug-likeness (QED) is 0.765. The number of piperidine rings is 1. The Balaban J connectivity index is 1.73. The van der Waals surface area contributed by atoms with Crippen LogP contribution >= 0.6 is 0 Å². The van der Waals surface area contributed by atoms with Crippen LogP contribution in [0.5, 0.6) is 11.5 Å². The molecule has 1 heterocycles. The average Bonchev–Trinajstić information content (AvgIpc) is 2.69. The van der Waals surface area contributed by atoms with Crippen LogP contribution in [0.25, 0.3) is 0 Å². The Morgan fingerprint density at radius 1 is 1.12 bits per heavy atom. The molecule has 0 amide bonds. The molecule has 1 unspecified atom stereocenters. The van der Waals surface area contributed by atoms with Crippen molar-refractivity contribution in [3.8, 4) is 17.6 Å². The van der Waals surface area contributed by atoms with Crippen LogP contribution in [-0.4, -0.2) is 25.1 Å². The Labute approximate surface area is 156 Å². The second-order valence-electron chi connectivity index (χ2n) is 6.93. The summed E-state index contributed by atoms with van der Waals surface area (Å²) < 4.78 is 11.4. The fraction of sp³-hybridized carbons (Fsp3) is 0.409. The minimum atomic E-state index is -0.237. The summed E-state index contributed by atoms with van der Waals surface area (Å²) in [6.07, 6.45) is 2.29. The zero-order chi connectivity index (χ0) is 18.4. The third kappa shape index (κ3) is 4.36. The van der Waals surface area contributed by atoms with E-state index in [0.717, 1.165) is 43.0 Å². The van der Waals surface area contributed by atoms with Gasteiger partial charge >= 0.3 is 0 Å². The summed E-state index contributed by atoms with van der Waals surface area (Å²) in [6.45, 7) is 4.70. The third-order valence-corrected chi connectivity index (χ3v) is 5.05. The first kappa shape index (κ1) is 18.3. The Morgan fingerprint density at radius 3 is 2.50 bits per heavy atom. The van der Waals surface area contributed by atoms with Gasteiger partial charge in [0.1, 0.15) is 12.6 Å². The van der Waals surface area contributed by atoms with Gasteiger partial charge in [-0.25, -0.2) is 0 Å². The van der Waals surface area contributed by atoms with Gasteiger partial charge in [-0.15, -0.1) is 0 Å². The first-order chi connectivity index (χ1) is 12.7. The molecule has 2 aromatic rings. The van der Waals surface area contributed by atoms with Crippen molar-refractivity contribution in [2.45, 2.75) is 32.4 Å². The maximum atomic E-state index is 9.72. The Morgan fingerprint density at radius 2 is 1.85 bits per heavy atom. The number of hydrogen-bond donors (Lipinski definition) is 0. The van der Waals surface area contributed by atoms with Crippen LogP contribution in [0.15, 0.2) is 48.5 Å². The molecular formula is C22H26N2O2. The molecule has 0 aromatic heterocycles. The predicted molar refractivity (Wildman–Crippen MR) is 102 cm³/mol. The first-order valence-electron chi connectivity index (χ1n) is 9.19. The molecule has 26 heavy (non-hydrogen) atoms. The summed E-state index contributed by atoms with van der Waals surface area (Å²) >= 11 is 0. The van der Waals surface area contributed by atoms with Gasteiger partial charge in [-0.1, -0.05) is 43.3 Å². The lowest BCUT2D eigenvalue weighted by atomic mass is 9.96. The van der Waals surface area contributed by atoms with Gasteiger partial charge in [0.05, 0.1) is 13.2 Å². The lowest BCUT2D eigenvalue weighted by Gasteiger charge is -2.33. The highest BCUT2D eigenvalue weighted by atomic mass is 16.5. The second-order valence-corrected chi connectivity index (χ2v) is 6.93. The molecular weight excluding hydrogens is 324 g/mol. The van der Waals surface area contributed by atoms with E-state index in [0.29, 0.717) is 18.1 Å². The van der Waals surface area contributed by atoms with Crippen molar-refractivity contribution in [1.82, 2.24) is 4.90 Å². The Kier molecular flexibility index (Phi) is 6.14. The number of ether oxygens (including phenoxy) is 2. The van der Waals surface area contributed by atoms with E-state index in [1.54, 1.807) is 7.11 Å². The summed E-state index contributed by atoms with van der Waals surface area (Å²) in [5.41, 5.74) is 2.07. The van der Waals surface area contributed by atoms with Crippen molar-refractivity contribution in [3.05, 3.63) is 59.7 Å². The highest BCUT2D eigenvalue weighted by molar-refractivity contribution is 5.45. The van der Waals surface area contributed by atoms with Crippen molar-refractivity contribution >= 4 is 0 Å². The SMILES string of the molecule is COc1cc(C(C#N)N2CCC(C)CC2)ccc1OCc1ccccc1. The molecule has 3 rings (SSSR count). The highest BCUT2D eigenvalue weighted by Crippen LogP contribution is 2.34. The smallest absolute Gasteiger partial charge is 0.161 e. The molecule has 1 aliphatic heterocycles. The van der Waals surface area contributed by atoms with E-state index >= 15 is 0 Å². The summed E-state index contributed by atoms with van der Waals surface area (Å²) in [5.74, 6) is 2.11. The maximum absolute atomic E-state index is 9.72. The van der Waals surface area contributed by atoms with Crippen LogP contribution in [-0.2, 0) is 6.61 Å².